The molecule has 0 fully saturated rings. The minimum absolute atomic E-state index is 0.542. The molecule has 142 valence electrons. The van der Waals surface area contributed by atoms with E-state index in [1.165, 1.54) is 12.1 Å². The van der Waals surface area contributed by atoms with Crippen LogP contribution in [0.5, 0.6) is 0 Å². The van der Waals surface area contributed by atoms with Crippen molar-refractivity contribution in [3.05, 3.63) is 83.7 Å². The van der Waals surface area contributed by atoms with Crippen LogP contribution in [0.3, 0.4) is 0 Å². The number of halogens is 3. The Kier molecular flexibility index (Phi) is 4.26. The molecule has 0 aliphatic carbocycles. The van der Waals surface area contributed by atoms with E-state index < -0.39 is 11.7 Å². The first-order valence-electron chi connectivity index (χ1n) is 9.01. The van der Waals surface area contributed by atoms with Gasteiger partial charge in [0.25, 0.3) is 0 Å². The molecule has 0 saturated carbocycles. The van der Waals surface area contributed by atoms with E-state index in [4.69, 9.17) is 0 Å². The van der Waals surface area contributed by atoms with Crippen LogP contribution in [0.2, 0.25) is 0 Å². The van der Waals surface area contributed by atoms with Gasteiger partial charge in [0, 0.05) is 60.6 Å². The largest absolute Gasteiger partial charge is 0.416 e. The lowest BCUT2D eigenvalue weighted by atomic mass is 9.98. The molecule has 2 nitrogen and oxygen atoms in total. The highest BCUT2D eigenvalue weighted by atomic mass is 19.4. The third-order valence-corrected chi connectivity index (χ3v) is 5.20. The maximum atomic E-state index is 13.7. The maximum Gasteiger partial charge on any atom is 0.416 e. The van der Waals surface area contributed by atoms with Gasteiger partial charge in [0.15, 0.2) is 5.69 Å². The average Bonchev–Trinajstić information content (AvgIpc) is 3.07. The summed E-state index contributed by atoms with van der Waals surface area (Å²) in [6.45, 7) is 3.79. The first-order chi connectivity index (χ1) is 13.3. The van der Waals surface area contributed by atoms with Crippen molar-refractivity contribution in [1.29, 1.82) is 0 Å². The predicted molar refractivity (Wildman–Crippen MR) is 104 cm³/mol. The van der Waals surface area contributed by atoms with Crippen molar-refractivity contribution in [3.63, 3.8) is 0 Å². The average molecular weight is 381 g/mol. The number of aromatic nitrogens is 2. The highest BCUT2D eigenvalue weighted by molar-refractivity contribution is 5.77. The van der Waals surface area contributed by atoms with Crippen LogP contribution in [0.1, 0.15) is 16.8 Å². The second kappa shape index (κ2) is 6.51. The van der Waals surface area contributed by atoms with Crippen LogP contribution in [0.4, 0.5) is 13.2 Å². The summed E-state index contributed by atoms with van der Waals surface area (Å²) in [6, 6.07) is 17.8. The fraction of sp³-hybridized carbons (Fsp3) is 0.174. The van der Waals surface area contributed by atoms with Crippen LogP contribution in [-0.4, -0.2) is 4.57 Å². The number of pyridine rings is 1. The monoisotopic (exact) mass is 381 g/mol. The molecule has 0 N–H and O–H groups in total. The summed E-state index contributed by atoms with van der Waals surface area (Å²) < 4.78 is 45.0. The molecule has 28 heavy (non-hydrogen) atoms. The Hall–Kier alpha value is -3.08. The number of para-hydroxylation sites is 1. The number of aryl methyl sites for hydroxylation is 2. The summed E-state index contributed by atoms with van der Waals surface area (Å²) in [5.41, 5.74) is 3.78. The van der Waals surface area contributed by atoms with Crippen molar-refractivity contribution >= 4 is 10.9 Å². The van der Waals surface area contributed by atoms with Gasteiger partial charge in [0.05, 0.1) is 5.56 Å². The Morgan fingerprint density at radius 2 is 1.64 bits per heavy atom. The smallest absolute Gasteiger partial charge is 0.351 e. The van der Waals surface area contributed by atoms with Crippen molar-refractivity contribution in [1.82, 2.24) is 4.57 Å². The highest BCUT2D eigenvalue weighted by Gasteiger charge is 2.34. The van der Waals surface area contributed by atoms with E-state index in [9.17, 15) is 13.2 Å². The molecule has 0 radical (unpaired) electrons. The number of alkyl halides is 3. The van der Waals surface area contributed by atoms with Crippen molar-refractivity contribution in [2.24, 2.45) is 7.05 Å². The zero-order chi connectivity index (χ0) is 20.1. The second-order valence-electron chi connectivity index (χ2n) is 7.04. The van der Waals surface area contributed by atoms with Gasteiger partial charge in [-0.15, -0.1) is 0 Å². The van der Waals surface area contributed by atoms with Gasteiger partial charge in [0.2, 0.25) is 11.2 Å². The quantitative estimate of drug-likeness (QED) is 0.391. The third kappa shape index (κ3) is 2.97. The summed E-state index contributed by atoms with van der Waals surface area (Å²) in [5.74, 6) is 0. The van der Waals surface area contributed by atoms with E-state index in [-0.39, 0.29) is 0 Å². The summed E-state index contributed by atoms with van der Waals surface area (Å²) in [7, 11) is 1.84. The zero-order valence-corrected chi connectivity index (χ0v) is 15.9. The second-order valence-corrected chi connectivity index (χ2v) is 7.04. The fourth-order valence-corrected chi connectivity index (χ4v) is 3.73. The molecule has 2 aromatic carbocycles. The number of hydrogen-bond donors (Lipinski definition) is 0. The van der Waals surface area contributed by atoms with Crippen molar-refractivity contribution < 1.29 is 17.7 Å². The first kappa shape index (κ1) is 18.3. The Morgan fingerprint density at radius 1 is 0.893 bits per heavy atom. The molecule has 4 aromatic rings. The van der Waals surface area contributed by atoms with Gasteiger partial charge in [-0.2, -0.15) is 17.7 Å². The number of benzene rings is 2. The van der Waals surface area contributed by atoms with E-state index in [0.717, 1.165) is 27.9 Å². The van der Waals surface area contributed by atoms with Gasteiger partial charge in [-0.1, -0.05) is 12.1 Å². The number of rotatable bonds is 2. The van der Waals surface area contributed by atoms with Crippen LogP contribution in [0.15, 0.2) is 66.9 Å². The van der Waals surface area contributed by atoms with E-state index in [1.54, 1.807) is 0 Å². The maximum absolute atomic E-state index is 13.7. The molecule has 0 amide bonds. The Bertz CT molecular complexity index is 1190. The van der Waals surface area contributed by atoms with Gasteiger partial charge in [-0.05, 0) is 37.3 Å². The molecular formula is C23H20F3N2+. The van der Waals surface area contributed by atoms with Crippen LogP contribution >= 0.6 is 0 Å². The van der Waals surface area contributed by atoms with E-state index in [1.807, 2.05) is 84.8 Å². The van der Waals surface area contributed by atoms with Crippen molar-refractivity contribution in [3.8, 4) is 16.9 Å². The van der Waals surface area contributed by atoms with Gasteiger partial charge in [-0.25, -0.2) is 0 Å². The molecule has 0 atom stereocenters. The number of hydrogen-bond acceptors (Lipinski definition) is 0. The van der Waals surface area contributed by atoms with Gasteiger partial charge in [-0.3, -0.25) is 0 Å². The topological polar surface area (TPSA) is 8.81 Å². The van der Waals surface area contributed by atoms with Crippen LogP contribution in [-0.2, 0) is 13.2 Å². The summed E-state index contributed by atoms with van der Waals surface area (Å²) in [6.07, 6.45) is -2.59. The zero-order valence-electron chi connectivity index (χ0n) is 15.9. The molecule has 0 saturated heterocycles. The lowest BCUT2D eigenvalue weighted by Crippen LogP contribution is -2.36. The third-order valence-electron chi connectivity index (χ3n) is 5.20. The van der Waals surface area contributed by atoms with E-state index in [2.05, 4.69) is 0 Å². The minimum Gasteiger partial charge on any atom is -0.351 e. The predicted octanol–water partition coefficient (Wildman–Crippen LogP) is 5.76. The molecular weight excluding hydrogens is 361 g/mol. The summed E-state index contributed by atoms with van der Waals surface area (Å²) in [5, 5.41) is 0.977. The van der Waals surface area contributed by atoms with Crippen LogP contribution in [0.25, 0.3) is 27.8 Å². The molecule has 4 rings (SSSR count). The van der Waals surface area contributed by atoms with Gasteiger partial charge < -0.3 is 4.57 Å². The Labute approximate surface area is 161 Å². The molecule has 2 aromatic heterocycles. The molecule has 5 heteroatoms. The first-order valence-corrected chi connectivity index (χ1v) is 9.01. The standard InChI is InChI=1S/C23H20F3N2/c1-15-10-11-17-7-4-5-8-20(17)28(15)22-14-18(23(24,25)26)13-19(16(22)2)21-9-6-12-27(21)3/h4-14H,1-3H3/q+1. The van der Waals surface area contributed by atoms with Crippen molar-refractivity contribution in [2.75, 3.05) is 0 Å². The Balaban J connectivity index is 2.11. The van der Waals surface area contributed by atoms with Gasteiger partial charge >= 0.3 is 6.18 Å². The van der Waals surface area contributed by atoms with Crippen LogP contribution < -0.4 is 4.57 Å². The summed E-state index contributed by atoms with van der Waals surface area (Å²) in [4.78, 5) is 0. The van der Waals surface area contributed by atoms with Gasteiger partial charge in [0.1, 0.15) is 0 Å². The SMILES string of the molecule is Cc1c(-c2cccn2C)cc(C(F)(F)F)cc1-[n+]1c(C)ccc2ccccc21. The van der Waals surface area contributed by atoms with E-state index >= 15 is 0 Å². The Morgan fingerprint density at radius 3 is 2.32 bits per heavy atom. The fourth-order valence-electron chi connectivity index (χ4n) is 3.73. The van der Waals surface area contributed by atoms with Crippen molar-refractivity contribution in [2.45, 2.75) is 20.0 Å². The lowest BCUT2D eigenvalue weighted by molar-refractivity contribution is -0.575. The number of nitrogens with zero attached hydrogens (tertiary/aromatic N) is 2. The normalized spacial score (nSPS) is 11.9. The molecule has 2 heterocycles. The van der Waals surface area contributed by atoms with Crippen LogP contribution in [0, 0.1) is 13.8 Å². The molecule has 0 aliphatic rings. The number of fused-ring (bicyclic) bond motifs is 1. The minimum atomic E-state index is -4.43. The molecule has 0 spiro atoms. The molecule has 0 aliphatic heterocycles. The van der Waals surface area contributed by atoms with E-state index in [0.29, 0.717) is 11.3 Å². The highest BCUT2D eigenvalue weighted by Crippen LogP contribution is 2.36. The summed E-state index contributed by atoms with van der Waals surface area (Å²) >= 11 is 0. The lowest BCUT2D eigenvalue weighted by Gasteiger charge is -2.15. The molecule has 0 bridgehead atoms. The molecule has 0 unspecified atom stereocenters.